The van der Waals surface area contributed by atoms with Gasteiger partial charge in [0.25, 0.3) is 5.69 Å². The van der Waals surface area contributed by atoms with Crippen LogP contribution in [0.4, 0.5) is 16.2 Å². The Hall–Kier alpha value is -2.69. The summed E-state index contributed by atoms with van der Waals surface area (Å²) in [5, 5.41) is 14.0. The molecule has 0 aliphatic carbocycles. The van der Waals surface area contributed by atoms with Gasteiger partial charge in [-0.3, -0.25) is 15.4 Å². The molecule has 2 aromatic rings. The molecule has 0 saturated heterocycles. The zero-order valence-corrected chi connectivity index (χ0v) is 18.0. The SMILES string of the molecule is COc1nccc(I)c1/C=C/c1ccc(NC(=O)OC(C)(C)C)cc1[N+](=O)[O-]. The summed E-state index contributed by atoms with van der Waals surface area (Å²) in [7, 11) is 1.51. The number of halogens is 1. The molecule has 28 heavy (non-hydrogen) atoms. The van der Waals surface area contributed by atoms with Crippen LogP contribution >= 0.6 is 22.6 Å². The highest BCUT2D eigenvalue weighted by Crippen LogP contribution is 2.28. The minimum atomic E-state index is -0.681. The van der Waals surface area contributed by atoms with Gasteiger partial charge in [0.05, 0.1) is 28.8 Å². The fourth-order valence-electron chi connectivity index (χ4n) is 2.26. The van der Waals surface area contributed by atoms with Gasteiger partial charge in [-0.15, -0.1) is 0 Å². The molecule has 1 aromatic heterocycles. The maximum absolute atomic E-state index is 11.9. The van der Waals surface area contributed by atoms with Crippen LogP contribution in [-0.2, 0) is 4.74 Å². The summed E-state index contributed by atoms with van der Waals surface area (Å²) < 4.78 is 11.3. The van der Waals surface area contributed by atoms with Crippen LogP contribution < -0.4 is 10.1 Å². The number of carbonyl (C=O) groups excluding carboxylic acids is 1. The number of nitrogens with one attached hydrogen (secondary N) is 1. The molecule has 0 fully saturated rings. The van der Waals surface area contributed by atoms with Gasteiger partial charge in [-0.2, -0.15) is 0 Å². The van der Waals surface area contributed by atoms with Crippen molar-refractivity contribution in [3.8, 4) is 5.88 Å². The number of methoxy groups -OCH3 is 1. The number of benzene rings is 1. The first-order chi connectivity index (χ1) is 13.1. The van der Waals surface area contributed by atoms with Gasteiger partial charge in [-0.1, -0.05) is 0 Å². The van der Waals surface area contributed by atoms with Gasteiger partial charge in [0.1, 0.15) is 5.60 Å². The number of carbonyl (C=O) groups is 1. The molecule has 0 saturated carbocycles. The summed E-state index contributed by atoms with van der Waals surface area (Å²) in [6.07, 6.45) is 4.26. The number of aromatic nitrogens is 1. The number of amides is 1. The molecule has 2 rings (SSSR count). The van der Waals surface area contributed by atoms with Crippen LogP contribution in [0, 0.1) is 13.7 Å². The smallest absolute Gasteiger partial charge is 0.412 e. The van der Waals surface area contributed by atoms with Crippen LogP contribution in [0.15, 0.2) is 30.5 Å². The molecule has 0 atom stereocenters. The average molecular weight is 497 g/mol. The van der Waals surface area contributed by atoms with Crippen molar-refractivity contribution in [3.05, 3.63) is 55.3 Å². The van der Waals surface area contributed by atoms with Gasteiger partial charge in [-0.25, -0.2) is 9.78 Å². The zero-order chi connectivity index (χ0) is 20.9. The van der Waals surface area contributed by atoms with E-state index < -0.39 is 16.6 Å². The Balaban J connectivity index is 2.31. The standard InChI is InChI=1S/C19H20IN3O5/c1-19(2,3)28-18(24)22-13-7-5-12(16(11-13)23(25)26)6-8-14-15(20)9-10-21-17(14)27-4/h5-11H,1-4H3,(H,22,24)/b8-6+. The van der Waals surface area contributed by atoms with E-state index in [0.717, 1.165) is 9.13 Å². The Morgan fingerprint density at radius 2 is 2.00 bits per heavy atom. The van der Waals surface area contributed by atoms with Gasteiger partial charge in [0.15, 0.2) is 0 Å². The number of nitro groups is 1. The van der Waals surface area contributed by atoms with E-state index in [-0.39, 0.29) is 11.4 Å². The van der Waals surface area contributed by atoms with Crippen LogP contribution in [0.3, 0.4) is 0 Å². The first-order valence-electron chi connectivity index (χ1n) is 8.26. The number of nitrogens with zero attached hydrogens (tertiary/aromatic N) is 2. The third-order valence-electron chi connectivity index (χ3n) is 3.40. The largest absolute Gasteiger partial charge is 0.481 e. The number of hydrogen-bond donors (Lipinski definition) is 1. The predicted molar refractivity (Wildman–Crippen MR) is 115 cm³/mol. The molecule has 0 unspecified atom stereocenters. The quantitative estimate of drug-likeness (QED) is 0.350. The maximum atomic E-state index is 11.9. The van der Waals surface area contributed by atoms with Crippen molar-refractivity contribution in [1.29, 1.82) is 0 Å². The Morgan fingerprint density at radius 1 is 1.29 bits per heavy atom. The van der Waals surface area contributed by atoms with E-state index in [4.69, 9.17) is 9.47 Å². The predicted octanol–water partition coefficient (Wildman–Crippen LogP) is 5.12. The number of rotatable bonds is 5. The molecule has 0 spiro atoms. The Morgan fingerprint density at radius 3 is 2.61 bits per heavy atom. The molecule has 0 bridgehead atoms. The molecule has 0 aliphatic rings. The summed E-state index contributed by atoms with van der Waals surface area (Å²) in [4.78, 5) is 27.0. The molecular weight excluding hydrogens is 477 g/mol. The Kier molecular flexibility index (Phi) is 6.95. The van der Waals surface area contributed by atoms with Crippen molar-refractivity contribution >= 4 is 52.2 Å². The molecule has 1 heterocycles. The highest BCUT2D eigenvalue weighted by Gasteiger charge is 2.18. The van der Waals surface area contributed by atoms with Crippen molar-refractivity contribution < 1.29 is 19.2 Å². The lowest BCUT2D eigenvalue weighted by atomic mass is 10.1. The van der Waals surface area contributed by atoms with E-state index >= 15 is 0 Å². The first kappa shape index (κ1) is 21.6. The number of hydrogen-bond acceptors (Lipinski definition) is 6. The molecule has 1 N–H and O–H groups in total. The second-order valence-electron chi connectivity index (χ2n) is 6.71. The second-order valence-corrected chi connectivity index (χ2v) is 7.87. The molecule has 0 radical (unpaired) electrons. The van der Waals surface area contributed by atoms with Crippen LogP contribution in [0.1, 0.15) is 31.9 Å². The topological polar surface area (TPSA) is 104 Å². The van der Waals surface area contributed by atoms with E-state index in [2.05, 4.69) is 32.9 Å². The molecule has 1 amide bonds. The number of pyridine rings is 1. The maximum Gasteiger partial charge on any atom is 0.412 e. The van der Waals surface area contributed by atoms with Crippen LogP contribution in [0.2, 0.25) is 0 Å². The minimum Gasteiger partial charge on any atom is -0.481 e. The second kappa shape index (κ2) is 9.00. The molecule has 1 aromatic carbocycles. The van der Waals surface area contributed by atoms with Crippen molar-refractivity contribution in [1.82, 2.24) is 4.98 Å². The molecule has 0 aliphatic heterocycles. The van der Waals surface area contributed by atoms with Crippen molar-refractivity contribution in [2.45, 2.75) is 26.4 Å². The van der Waals surface area contributed by atoms with Crippen LogP contribution in [0.25, 0.3) is 12.2 Å². The summed E-state index contributed by atoms with van der Waals surface area (Å²) in [5.41, 5.74) is 0.546. The molecule has 148 valence electrons. The van der Waals surface area contributed by atoms with Gasteiger partial charge in [0, 0.05) is 15.8 Å². The summed E-state index contributed by atoms with van der Waals surface area (Å²) >= 11 is 2.14. The third-order valence-corrected chi connectivity index (χ3v) is 4.34. The van der Waals surface area contributed by atoms with Gasteiger partial charge in [0.2, 0.25) is 5.88 Å². The van der Waals surface area contributed by atoms with E-state index in [9.17, 15) is 14.9 Å². The Bertz CT molecular complexity index is 922. The lowest BCUT2D eigenvalue weighted by Crippen LogP contribution is -2.27. The van der Waals surface area contributed by atoms with Crippen LogP contribution in [-0.4, -0.2) is 28.7 Å². The molecular formula is C19H20IN3O5. The summed E-state index contributed by atoms with van der Waals surface area (Å²) in [6.45, 7) is 5.20. The Labute approximate surface area is 176 Å². The highest BCUT2D eigenvalue weighted by atomic mass is 127. The highest BCUT2D eigenvalue weighted by molar-refractivity contribution is 14.1. The van der Waals surface area contributed by atoms with E-state index in [1.54, 1.807) is 51.3 Å². The van der Waals surface area contributed by atoms with Crippen molar-refractivity contribution in [2.75, 3.05) is 12.4 Å². The van der Waals surface area contributed by atoms with Crippen molar-refractivity contribution in [2.24, 2.45) is 0 Å². The number of nitro benzene ring substituents is 1. The zero-order valence-electron chi connectivity index (χ0n) is 15.9. The van der Waals surface area contributed by atoms with Gasteiger partial charge < -0.3 is 9.47 Å². The minimum absolute atomic E-state index is 0.150. The van der Waals surface area contributed by atoms with Gasteiger partial charge >= 0.3 is 6.09 Å². The monoisotopic (exact) mass is 497 g/mol. The fourth-order valence-corrected chi connectivity index (χ4v) is 2.83. The lowest BCUT2D eigenvalue weighted by Gasteiger charge is -2.19. The molecule has 9 heteroatoms. The number of ether oxygens (including phenoxy) is 2. The van der Waals surface area contributed by atoms with Crippen LogP contribution in [0.5, 0.6) is 5.88 Å². The van der Waals surface area contributed by atoms with E-state index in [0.29, 0.717) is 11.4 Å². The first-order valence-corrected chi connectivity index (χ1v) is 9.33. The average Bonchev–Trinajstić information content (AvgIpc) is 2.59. The lowest BCUT2D eigenvalue weighted by molar-refractivity contribution is -0.385. The van der Waals surface area contributed by atoms with Gasteiger partial charge in [-0.05, 0) is 73.7 Å². The van der Waals surface area contributed by atoms with Crippen molar-refractivity contribution in [3.63, 3.8) is 0 Å². The van der Waals surface area contributed by atoms with E-state index in [1.807, 2.05) is 6.07 Å². The summed E-state index contributed by atoms with van der Waals surface area (Å²) in [5.74, 6) is 0.425. The number of anilines is 1. The van der Waals surface area contributed by atoms with E-state index in [1.165, 1.54) is 13.2 Å². The normalized spacial score (nSPS) is 11.3. The summed E-state index contributed by atoms with van der Waals surface area (Å²) in [6, 6.07) is 6.22. The fraction of sp³-hybridized carbons (Fsp3) is 0.263. The molecule has 8 nitrogen and oxygen atoms in total. The third kappa shape index (κ3) is 5.91.